The van der Waals surface area contributed by atoms with Crippen molar-refractivity contribution in [1.29, 1.82) is 0 Å². The number of para-hydroxylation sites is 1. The highest BCUT2D eigenvalue weighted by molar-refractivity contribution is 8.55. The second kappa shape index (κ2) is 13.7. The van der Waals surface area contributed by atoms with Crippen molar-refractivity contribution in [3.05, 3.63) is 72.3 Å². The number of benzene rings is 3. The van der Waals surface area contributed by atoms with Crippen molar-refractivity contribution < 1.29 is 18.2 Å². The highest BCUT2D eigenvalue weighted by atomic mass is 32.7. The first-order chi connectivity index (χ1) is 18.4. The summed E-state index contributed by atoms with van der Waals surface area (Å²) >= 11 is 0.136. The van der Waals surface area contributed by atoms with Gasteiger partial charge in [0.1, 0.15) is 17.0 Å². The van der Waals surface area contributed by atoms with E-state index in [1.807, 2.05) is 68.4 Å². The molecule has 0 aliphatic heterocycles. The van der Waals surface area contributed by atoms with E-state index >= 15 is 0 Å². The van der Waals surface area contributed by atoms with Gasteiger partial charge >= 0.3 is 6.80 Å². The maximum Gasteiger partial charge on any atom is 0.492 e. The van der Waals surface area contributed by atoms with Gasteiger partial charge in [0.2, 0.25) is 0 Å². The monoisotopic (exact) mass is 569 g/mol. The lowest BCUT2D eigenvalue weighted by Gasteiger charge is -2.20. The second-order valence-electron chi connectivity index (χ2n) is 9.23. The van der Waals surface area contributed by atoms with Gasteiger partial charge in [0, 0.05) is 22.6 Å². The van der Waals surface area contributed by atoms with E-state index in [1.165, 1.54) is 36.2 Å². The Hall–Kier alpha value is -2.18. The fraction of sp³-hybridized carbons (Fsp3) is 0.367. The molecule has 0 saturated heterocycles. The Labute approximate surface area is 233 Å². The minimum atomic E-state index is -3.60. The summed E-state index contributed by atoms with van der Waals surface area (Å²) in [4.78, 5) is 5.59. The minimum Gasteiger partial charge on any atom is -0.611 e. The smallest absolute Gasteiger partial charge is 0.492 e. The van der Waals surface area contributed by atoms with Gasteiger partial charge in [-0.15, -0.1) is 0 Å². The van der Waals surface area contributed by atoms with Gasteiger partial charge in [0.15, 0.2) is 10.6 Å². The van der Waals surface area contributed by atoms with Crippen molar-refractivity contribution in [3.63, 3.8) is 0 Å². The largest absolute Gasteiger partial charge is 0.611 e. The van der Waals surface area contributed by atoms with E-state index in [0.717, 1.165) is 40.4 Å². The zero-order chi connectivity index (χ0) is 27.0. The van der Waals surface area contributed by atoms with Crippen molar-refractivity contribution in [2.24, 2.45) is 0 Å². The fourth-order valence-electron chi connectivity index (χ4n) is 4.23. The molecule has 0 spiro atoms. The predicted octanol–water partition coefficient (Wildman–Crippen LogP) is 9.35. The summed E-state index contributed by atoms with van der Waals surface area (Å²) in [7, 11) is 0. The van der Waals surface area contributed by atoms with Crippen LogP contribution in [0.5, 0.6) is 11.5 Å². The average Bonchev–Trinajstić information content (AvgIpc) is 2.93. The minimum absolute atomic E-state index is 0.411. The SMILES string of the molecule is CCCCCCc1cccc(OP(=O)(Oc2cccc3cc4ccc([S+]([O-])CC)cc4nc23)SCCC)c1. The molecule has 202 valence electrons. The fourth-order valence-corrected chi connectivity index (χ4v) is 8.36. The Morgan fingerprint density at radius 3 is 2.53 bits per heavy atom. The van der Waals surface area contributed by atoms with Crippen molar-refractivity contribution in [3.8, 4) is 11.5 Å². The number of fused-ring (bicyclic) bond motifs is 2. The Bertz CT molecular complexity index is 1410. The molecule has 0 N–H and O–H groups in total. The molecule has 5 nitrogen and oxygen atoms in total. The van der Waals surface area contributed by atoms with Crippen LogP contribution in [0.15, 0.2) is 71.6 Å². The van der Waals surface area contributed by atoms with Gasteiger partial charge < -0.3 is 13.6 Å². The third kappa shape index (κ3) is 7.47. The number of pyridine rings is 1. The highest BCUT2D eigenvalue weighted by Crippen LogP contribution is 2.60. The summed E-state index contributed by atoms with van der Waals surface area (Å²) < 4.78 is 38.7. The molecule has 0 amide bonds. The molecule has 2 atom stereocenters. The van der Waals surface area contributed by atoms with E-state index in [1.54, 1.807) is 6.07 Å². The van der Waals surface area contributed by atoms with Gasteiger partial charge in [0.05, 0.1) is 5.52 Å². The van der Waals surface area contributed by atoms with Crippen molar-refractivity contribution in [2.45, 2.75) is 64.2 Å². The maximum atomic E-state index is 14.1. The van der Waals surface area contributed by atoms with Gasteiger partial charge in [-0.05, 0) is 90.7 Å². The molecule has 0 aliphatic rings. The second-order valence-corrected chi connectivity index (χ2v) is 15.0. The van der Waals surface area contributed by atoms with Gasteiger partial charge in [-0.3, -0.25) is 0 Å². The summed E-state index contributed by atoms with van der Waals surface area (Å²) in [5.41, 5.74) is 2.50. The van der Waals surface area contributed by atoms with Crippen LogP contribution in [0.1, 0.15) is 58.4 Å². The lowest BCUT2D eigenvalue weighted by Crippen LogP contribution is -2.03. The number of hydrogen-bond donors (Lipinski definition) is 0. The molecule has 2 unspecified atom stereocenters. The van der Waals surface area contributed by atoms with Gasteiger partial charge in [-0.2, -0.15) is 0 Å². The van der Waals surface area contributed by atoms with Crippen LogP contribution in [0.3, 0.4) is 0 Å². The number of unbranched alkanes of at least 4 members (excludes halogenated alkanes) is 3. The zero-order valence-corrected chi connectivity index (χ0v) is 24.9. The van der Waals surface area contributed by atoms with Crippen molar-refractivity contribution in [2.75, 3.05) is 11.5 Å². The van der Waals surface area contributed by atoms with Crippen LogP contribution < -0.4 is 9.05 Å². The van der Waals surface area contributed by atoms with E-state index in [9.17, 15) is 9.12 Å². The van der Waals surface area contributed by atoms with E-state index in [-0.39, 0.29) is 0 Å². The summed E-state index contributed by atoms with van der Waals surface area (Å²) in [5, 5.41) is 1.82. The first-order valence-electron chi connectivity index (χ1n) is 13.4. The lowest BCUT2D eigenvalue weighted by atomic mass is 10.1. The molecule has 3 aromatic carbocycles. The Morgan fingerprint density at radius 1 is 0.895 bits per heavy atom. The van der Waals surface area contributed by atoms with E-state index in [0.29, 0.717) is 28.5 Å². The van der Waals surface area contributed by atoms with E-state index in [4.69, 9.17) is 14.0 Å². The van der Waals surface area contributed by atoms with Crippen molar-refractivity contribution >= 4 is 51.2 Å². The molecule has 1 heterocycles. The predicted molar refractivity (Wildman–Crippen MR) is 162 cm³/mol. The van der Waals surface area contributed by atoms with Crippen LogP contribution in [0.25, 0.3) is 21.8 Å². The standard InChI is InChI=1S/C30H36NO4PS2/c1-4-7-8-9-12-23-13-10-15-26(20-23)34-36(32,37-19-5-2)35-29-16-11-14-25-21-24-17-18-27(38(33)6-3)22-28(24)31-30(25)29/h10-11,13-18,20-22H,4-9,12,19H2,1-3H3. The normalized spacial score (nSPS) is 13.9. The third-order valence-corrected chi connectivity index (χ3v) is 11.2. The van der Waals surface area contributed by atoms with Crippen LogP contribution in [-0.4, -0.2) is 21.0 Å². The third-order valence-electron chi connectivity index (χ3n) is 6.20. The Kier molecular flexibility index (Phi) is 10.4. The Morgan fingerprint density at radius 2 is 1.74 bits per heavy atom. The maximum absolute atomic E-state index is 14.1. The van der Waals surface area contributed by atoms with E-state index in [2.05, 4.69) is 13.0 Å². The summed E-state index contributed by atoms with van der Waals surface area (Å²) in [6, 6.07) is 21.2. The molecule has 0 fully saturated rings. The van der Waals surface area contributed by atoms with Gasteiger partial charge in [-0.1, -0.05) is 57.4 Å². The molecular weight excluding hydrogens is 533 g/mol. The molecule has 4 rings (SSSR count). The Balaban J connectivity index is 1.64. The number of hydrogen-bond acceptors (Lipinski definition) is 6. The topological polar surface area (TPSA) is 71.5 Å². The molecule has 8 heteroatoms. The molecule has 1 aromatic heterocycles. The van der Waals surface area contributed by atoms with E-state index < -0.39 is 18.0 Å². The summed E-state index contributed by atoms with van der Waals surface area (Å²) in [5.74, 6) is 2.15. The molecule has 0 saturated carbocycles. The lowest BCUT2D eigenvalue weighted by molar-refractivity contribution is 0.409. The van der Waals surface area contributed by atoms with Crippen LogP contribution in [0.4, 0.5) is 0 Å². The quantitative estimate of drug-likeness (QED) is 0.0652. The number of rotatable bonds is 14. The zero-order valence-electron chi connectivity index (χ0n) is 22.4. The molecule has 0 radical (unpaired) electrons. The van der Waals surface area contributed by atoms with Crippen molar-refractivity contribution in [1.82, 2.24) is 4.98 Å². The first-order valence-corrected chi connectivity index (χ1v) is 17.8. The molecule has 0 aliphatic carbocycles. The van der Waals surface area contributed by atoms with Crippen LogP contribution in [0.2, 0.25) is 0 Å². The summed E-state index contributed by atoms with van der Waals surface area (Å²) in [6.07, 6.45) is 6.58. The van der Waals surface area contributed by atoms with Crippen LogP contribution in [-0.2, 0) is 22.2 Å². The molecule has 38 heavy (non-hydrogen) atoms. The highest BCUT2D eigenvalue weighted by Gasteiger charge is 2.30. The molecule has 4 aromatic rings. The number of nitrogens with zero attached hydrogens (tertiary/aromatic N) is 1. The van der Waals surface area contributed by atoms with Gasteiger partial charge in [0.25, 0.3) is 0 Å². The molecule has 0 bridgehead atoms. The molecular formula is C30H36NO4PS2. The van der Waals surface area contributed by atoms with Crippen LogP contribution >= 0.6 is 18.2 Å². The van der Waals surface area contributed by atoms with Crippen LogP contribution in [0, 0.1) is 0 Å². The average molecular weight is 570 g/mol. The number of aryl methyl sites for hydroxylation is 1. The first kappa shape index (κ1) is 28.8. The summed E-state index contributed by atoms with van der Waals surface area (Å²) in [6.45, 7) is 2.54. The van der Waals surface area contributed by atoms with Gasteiger partial charge in [-0.25, -0.2) is 9.55 Å². The number of aromatic nitrogens is 1.